The summed E-state index contributed by atoms with van der Waals surface area (Å²) in [6.45, 7) is 0.787. The van der Waals surface area contributed by atoms with Gasteiger partial charge in [0.05, 0.1) is 6.33 Å². The number of hydrogen-bond acceptors (Lipinski definition) is 3. The highest BCUT2D eigenvalue weighted by atomic mass is 35.5. The number of benzene rings is 1. The molecule has 1 aromatic carbocycles. The predicted molar refractivity (Wildman–Crippen MR) is 81.1 cm³/mol. The van der Waals surface area contributed by atoms with Gasteiger partial charge in [-0.15, -0.1) is 0 Å². The second kappa shape index (κ2) is 6.11. The van der Waals surface area contributed by atoms with Gasteiger partial charge in [0.2, 0.25) is 0 Å². The molecule has 3 nitrogen and oxygen atoms in total. The summed E-state index contributed by atoms with van der Waals surface area (Å²) < 4.78 is 2.01. The summed E-state index contributed by atoms with van der Waals surface area (Å²) in [6.07, 6.45) is 7.41. The van der Waals surface area contributed by atoms with Gasteiger partial charge in [0.15, 0.2) is 0 Å². The normalized spacial score (nSPS) is 10.7. The average Bonchev–Trinajstić information content (AvgIpc) is 2.94. The summed E-state index contributed by atoms with van der Waals surface area (Å²) in [6, 6.07) is 11.9. The van der Waals surface area contributed by atoms with E-state index in [0.717, 1.165) is 27.1 Å². The van der Waals surface area contributed by atoms with E-state index in [1.54, 1.807) is 24.3 Å². The van der Waals surface area contributed by atoms with Gasteiger partial charge in [0.1, 0.15) is 5.03 Å². The third kappa shape index (κ3) is 3.40. The molecule has 0 atom stereocenters. The van der Waals surface area contributed by atoms with Gasteiger partial charge in [-0.3, -0.25) is 0 Å². The molecule has 0 spiro atoms. The topological polar surface area (TPSA) is 30.7 Å². The maximum Gasteiger partial charge on any atom is 0.101 e. The highest BCUT2D eigenvalue weighted by Crippen LogP contribution is 2.27. The van der Waals surface area contributed by atoms with E-state index in [1.807, 2.05) is 47.3 Å². The summed E-state index contributed by atoms with van der Waals surface area (Å²) >= 11 is 7.58. The van der Waals surface area contributed by atoms with Crippen LogP contribution in [-0.4, -0.2) is 14.5 Å². The van der Waals surface area contributed by atoms with Gasteiger partial charge in [-0.05, 0) is 29.8 Å². The van der Waals surface area contributed by atoms with E-state index in [1.165, 1.54) is 0 Å². The zero-order valence-corrected chi connectivity index (χ0v) is 12.2. The van der Waals surface area contributed by atoms with Gasteiger partial charge in [0.25, 0.3) is 0 Å². The molecule has 0 N–H and O–H groups in total. The lowest BCUT2D eigenvalue weighted by atomic mass is 10.3. The fourth-order valence-electron chi connectivity index (χ4n) is 1.81. The van der Waals surface area contributed by atoms with Crippen molar-refractivity contribution >= 4 is 23.4 Å². The molecule has 5 heteroatoms. The van der Waals surface area contributed by atoms with Crippen molar-refractivity contribution in [3.05, 3.63) is 71.9 Å². The fraction of sp³-hybridized carbons (Fsp3) is 0.0667. The summed E-state index contributed by atoms with van der Waals surface area (Å²) in [4.78, 5) is 9.59. The Morgan fingerprint density at radius 3 is 2.85 bits per heavy atom. The fourth-order valence-corrected chi connectivity index (χ4v) is 2.88. The maximum atomic E-state index is 5.97. The number of imidazole rings is 1. The molecule has 2 heterocycles. The molecule has 0 aliphatic rings. The quantitative estimate of drug-likeness (QED) is 0.726. The van der Waals surface area contributed by atoms with E-state index in [-0.39, 0.29) is 0 Å². The monoisotopic (exact) mass is 301 g/mol. The van der Waals surface area contributed by atoms with Crippen LogP contribution in [0, 0.1) is 0 Å². The SMILES string of the molecule is Clc1cccc(Sc2ccc(Cn3ccnc3)cn2)c1. The summed E-state index contributed by atoms with van der Waals surface area (Å²) in [5.74, 6) is 0. The average molecular weight is 302 g/mol. The van der Waals surface area contributed by atoms with Crippen molar-refractivity contribution in [2.75, 3.05) is 0 Å². The molecule has 3 aromatic rings. The lowest BCUT2D eigenvalue weighted by Gasteiger charge is -2.04. The van der Waals surface area contributed by atoms with Crippen molar-refractivity contribution in [1.82, 2.24) is 14.5 Å². The number of hydrogen-bond donors (Lipinski definition) is 0. The minimum Gasteiger partial charge on any atom is -0.333 e. The van der Waals surface area contributed by atoms with Crippen molar-refractivity contribution in [1.29, 1.82) is 0 Å². The highest BCUT2D eigenvalue weighted by molar-refractivity contribution is 7.99. The van der Waals surface area contributed by atoms with E-state index in [9.17, 15) is 0 Å². The summed E-state index contributed by atoms with van der Waals surface area (Å²) in [5, 5.41) is 1.70. The van der Waals surface area contributed by atoms with Crippen LogP contribution < -0.4 is 0 Å². The maximum absolute atomic E-state index is 5.97. The van der Waals surface area contributed by atoms with E-state index in [2.05, 4.69) is 16.0 Å². The molecule has 0 fully saturated rings. The molecule has 3 rings (SSSR count). The molecular formula is C15H12ClN3S. The van der Waals surface area contributed by atoms with Gasteiger partial charge < -0.3 is 4.57 Å². The van der Waals surface area contributed by atoms with Crippen LogP contribution in [0.3, 0.4) is 0 Å². The molecule has 0 amide bonds. The third-order valence-electron chi connectivity index (χ3n) is 2.74. The first-order chi connectivity index (χ1) is 9.79. The standard InChI is InChI=1S/C15H12ClN3S/c16-13-2-1-3-14(8-13)20-15-5-4-12(9-18-15)10-19-7-6-17-11-19/h1-9,11H,10H2. The van der Waals surface area contributed by atoms with Crippen molar-refractivity contribution < 1.29 is 0 Å². The minimum atomic E-state index is 0.742. The lowest BCUT2D eigenvalue weighted by Crippen LogP contribution is -1.96. The minimum absolute atomic E-state index is 0.742. The van der Waals surface area contributed by atoms with Gasteiger partial charge in [0, 0.05) is 35.1 Å². The van der Waals surface area contributed by atoms with Crippen LogP contribution in [0.1, 0.15) is 5.56 Å². The lowest BCUT2D eigenvalue weighted by molar-refractivity contribution is 0.790. The van der Waals surface area contributed by atoms with Crippen molar-refractivity contribution in [3.8, 4) is 0 Å². The Kier molecular flexibility index (Phi) is 4.04. The van der Waals surface area contributed by atoms with Gasteiger partial charge in [-0.1, -0.05) is 35.5 Å². The zero-order valence-electron chi connectivity index (χ0n) is 10.6. The molecule has 0 unspecified atom stereocenters. The van der Waals surface area contributed by atoms with E-state index < -0.39 is 0 Å². The van der Waals surface area contributed by atoms with Gasteiger partial charge >= 0.3 is 0 Å². The Bertz CT molecular complexity index is 681. The molecule has 2 aromatic heterocycles. The number of rotatable bonds is 4. The first-order valence-corrected chi connectivity index (χ1v) is 7.33. The Morgan fingerprint density at radius 1 is 1.20 bits per heavy atom. The Hall–Kier alpha value is -1.78. The van der Waals surface area contributed by atoms with Crippen LogP contribution in [0.15, 0.2) is 71.2 Å². The molecule has 20 heavy (non-hydrogen) atoms. The van der Waals surface area contributed by atoms with E-state index in [4.69, 9.17) is 11.6 Å². The van der Waals surface area contributed by atoms with Crippen LogP contribution >= 0.6 is 23.4 Å². The smallest absolute Gasteiger partial charge is 0.101 e. The molecule has 0 aliphatic carbocycles. The Balaban J connectivity index is 1.70. The summed E-state index contributed by atoms with van der Waals surface area (Å²) in [5.41, 5.74) is 1.15. The van der Waals surface area contributed by atoms with Crippen LogP contribution in [0.25, 0.3) is 0 Å². The first-order valence-electron chi connectivity index (χ1n) is 6.14. The first kappa shape index (κ1) is 13.2. The van der Waals surface area contributed by atoms with Crippen LogP contribution in [-0.2, 0) is 6.54 Å². The van der Waals surface area contributed by atoms with Gasteiger partial charge in [-0.2, -0.15) is 0 Å². The number of nitrogens with zero attached hydrogens (tertiary/aromatic N) is 3. The molecule has 0 saturated heterocycles. The molecular weight excluding hydrogens is 290 g/mol. The van der Waals surface area contributed by atoms with E-state index in [0.29, 0.717) is 0 Å². The second-order valence-electron chi connectivity index (χ2n) is 4.30. The van der Waals surface area contributed by atoms with E-state index >= 15 is 0 Å². The van der Waals surface area contributed by atoms with Crippen LogP contribution in [0.5, 0.6) is 0 Å². The van der Waals surface area contributed by atoms with Crippen LogP contribution in [0.2, 0.25) is 5.02 Å². The number of aromatic nitrogens is 3. The molecule has 0 radical (unpaired) electrons. The molecule has 0 saturated carbocycles. The predicted octanol–water partition coefficient (Wildman–Crippen LogP) is 4.13. The summed E-state index contributed by atoms with van der Waals surface area (Å²) in [7, 11) is 0. The molecule has 0 bridgehead atoms. The van der Waals surface area contributed by atoms with Gasteiger partial charge in [-0.25, -0.2) is 9.97 Å². The second-order valence-corrected chi connectivity index (χ2v) is 5.83. The van der Waals surface area contributed by atoms with Crippen molar-refractivity contribution in [2.24, 2.45) is 0 Å². The molecule has 100 valence electrons. The van der Waals surface area contributed by atoms with Crippen molar-refractivity contribution in [2.45, 2.75) is 16.5 Å². The van der Waals surface area contributed by atoms with Crippen LogP contribution in [0.4, 0.5) is 0 Å². The largest absolute Gasteiger partial charge is 0.333 e. The third-order valence-corrected chi connectivity index (χ3v) is 3.92. The number of halogens is 1. The Labute approximate surface area is 126 Å². The Morgan fingerprint density at radius 2 is 2.15 bits per heavy atom. The highest BCUT2D eigenvalue weighted by Gasteiger charge is 2.01. The molecule has 0 aliphatic heterocycles. The van der Waals surface area contributed by atoms with Crippen molar-refractivity contribution in [3.63, 3.8) is 0 Å². The zero-order chi connectivity index (χ0) is 13.8. The number of pyridine rings is 1.